The van der Waals surface area contributed by atoms with Crippen LogP contribution in [0.2, 0.25) is 10.0 Å². The molecule has 0 spiro atoms. The summed E-state index contributed by atoms with van der Waals surface area (Å²) in [6, 6.07) is 12.5. The summed E-state index contributed by atoms with van der Waals surface area (Å²) in [6.07, 6.45) is 6.23. The van der Waals surface area contributed by atoms with Crippen LogP contribution in [0.15, 0.2) is 59.3 Å². The molecule has 9 heteroatoms. The van der Waals surface area contributed by atoms with E-state index >= 15 is 0 Å². The minimum absolute atomic E-state index is 0.134. The maximum absolute atomic E-state index is 13.2. The smallest absolute Gasteiger partial charge is 0.339 e. The predicted octanol–water partition coefficient (Wildman–Crippen LogP) is 5.81. The normalized spacial score (nSPS) is 13.8. The monoisotopic (exact) mass is 493 g/mol. The Morgan fingerprint density at radius 3 is 2.79 bits per heavy atom. The summed E-state index contributed by atoms with van der Waals surface area (Å²) in [6.45, 7) is -0.500. The van der Waals surface area contributed by atoms with Gasteiger partial charge in [-0.3, -0.25) is 4.79 Å². The number of halogens is 2. The molecule has 0 fully saturated rings. The van der Waals surface area contributed by atoms with Crippen molar-refractivity contribution in [2.24, 2.45) is 0 Å². The Balaban J connectivity index is 1.42. The molecule has 170 valence electrons. The molecule has 1 N–H and O–H groups in total. The molecule has 1 aliphatic carbocycles. The Morgan fingerprint density at radius 1 is 1.15 bits per heavy atom. The van der Waals surface area contributed by atoms with E-state index in [0.29, 0.717) is 40.1 Å². The number of hydrogen-bond donors (Lipinski definition) is 1. The fourth-order valence-electron chi connectivity index (χ4n) is 3.94. The number of nitrogens with zero attached hydrogens (tertiary/aromatic N) is 2. The fourth-order valence-corrected chi connectivity index (χ4v) is 4.36. The van der Waals surface area contributed by atoms with Gasteiger partial charge >= 0.3 is 5.97 Å². The van der Waals surface area contributed by atoms with E-state index in [-0.39, 0.29) is 10.8 Å². The molecule has 5 rings (SSSR count). The maximum Gasteiger partial charge on any atom is 0.339 e. The van der Waals surface area contributed by atoms with Crippen LogP contribution >= 0.6 is 23.2 Å². The Kier molecular flexibility index (Phi) is 6.04. The number of carbonyl (C=O) groups excluding carboxylic acids is 2. The first kappa shape index (κ1) is 22.1. The molecule has 34 heavy (non-hydrogen) atoms. The molecule has 0 aliphatic heterocycles. The van der Waals surface area contributed by atoms with Crippen molar-refractivity contribution in [2.75, 3.05) is 11.9 Å². The second kappa shape index (κ2) is 9.29. The third kappa shape index (κ3) is 4.40. The van der Waals surface area contributed by atoms with Gasteiger partial charge in [-0.2, -0.15) is 0 Å². The minimum Gasteiger partial charge on any atom is -0.465 e. The van der Waals surface area contributed by atoms with Crippen LogP contribution < -0.4 is 5.32 Å². The fraction of sp³-hybridized carbons (Fsp3) is 0.120. The van der Waals surface area contributed by atoms with Crippen LogP contribution in [0.5, 0.6) is 0 Å². The lowest BCUT2D eigenvalue weighted by Gasteiger charge is -2.12. The number of ether oxygens (including phenoxy) is 1. The van der Waals surface area contributed by atoms with Crippen LogP contribution in [-0.4, -0.2) is 28.5 Å². The van der Waals surface area contributed by atoms with E-state index in [0.717, 1.165) is 16.8 Å². The van der Waals surface area contributed by atoms with Crippen LogP contribution in [0.25, 0.3) is 22.6 Å². The van der Waals surface area contributed by atoms with Crippen molar-refractivity contribution in [3.05, 3.63) is 87.6 Å². The standard InChI is InChI=1S/C25H17Cl2N3O4/c26-15-11-19(27)24(28-12-15)30-21(31)13-34-25(32)22-17-5-1-2-6-20(17)29-23-14(7-8-18(22)23)10-16-4-3-9-33-16/h1-6,9-12H,7-8,13H2,(H,28,30,31)/b14-10+. The zero-order valence-corrected chi connectivity index (χ0v) is 19.2. The molecule has 3 aromatic heterocycles. The van der Waals surface area contributed by atoms with Gasteiger partial charge in [-0.1, -0.05) is 41.4 Å². The molecule has 0 atom stereocenters. The molecule has 0 saturated carbocycles. The van der Waals surface area contributed by atoms with E-state index in [1.807, 2.05) is 42.5 Å². The molecule has 0 unspecified atom stereocenters. The predicted molar refractivity (Wildman–Crippen MR) is 130 cm³/mol. The molecule has 0 radical (unpaired) electrons. The molecular weight excluding hydrogens is 477 g/mol. The highest BCUT2D eigenvalue weighted by Gasteiger charge is 2.28. The van der Waals surface area contributed by atoms with Gasteiger partial charge in [0.25, 0.3) is 5.91 Å². The quantitative estimate of drug-likeness (QED) is 0.352. The van der Waals surface area contributed by atoms with Gasteiger partial charge in [0.05, 0.1) is 33.1 Å². The van der Waals surface area contributed by atoms with Crippen molar-refractivity contribution in [2.45, 2.75) is 12.8 Å². The topological polar surface area (TPSA) is 94.3 Å². The number of amides is 1. The Morgan fingerprint density at radius 2 is 2.00 bits per heavy atom. The third-order valence-electron chi connectivity index (χ3n) is 5.41. The number of aromatic nitrogens is 2. The number of carbonyl (C=O) groups is 2. The number of esters is 1. The maximum atomic E-state index is 13.2. The van der Waals surface area contributed by atoms with Crippen molar-refractivity contribution in [3.63, 3.8) is 0 Å². The Labute approximate surface area is 204 Å². The molecule has 7 nitrogen and oxygen atoms in total. The van der Waals surface area contributed by atoms with Crippen molar-refractivity contribution < 1.29 is 18.7 Å². The average Bonchev–Trinajstić information content (AvgIpc) is 3.48. The highest BCUT2D eigenvalue weighted by molar-refractivity contribution is 6.36. The van der Waals surface area contributed by atoms with E-state index < -0.39 is 18.5 Å². The zero-order chi connectivity index (χ0) is 23.7. The van der Waals surface area contributed by atoms with Crippen molar-refractivity contribution in [3.8, 4) is 0 Å². The number of rotatable bonds is 5. The number of anilines is 1. The van der Waals surface area contributed by atoms with Gasteiger partial charge in [0.15, 0.2) is 12.4 Å². The summed E-state index contributed by atoms with van der Waals surface area (Å²) >= 11 is 11.9. The lowest BCUT2D eigenvalue weighted by atomic mass is 10.0. The van der Waals surface area contributed by atoms with E-state index in [4.69, 9.17) is 37.3 Å². The molecule has 1 aliphatic rings. The molecule has 4 aromatic rings. The van der Waals surface area contributed by atoms with Crippen LogP contribution in [0, 0.1) is 0 Å². The summed E-state index contributed by atoms with van der Waals surface area (Å²) in [7, 11) is 0. The number of furan rings is 1. The lowest BCUT2D eigenvalue weighted by molar-refractivity contribution is -0.119. The third-order valence-corrected chi connectivity index (χ3v) is 5.90. The highest BCUT2D eigenvalue weighted by Crippen LogP contribution is 2.37. The number of fused-ring (bicyclic) bond motifs is 2. The Hall–Kier alpha value is -3.68. The van der Waals surface area contributed by atoms with Crippen molar-refractivity contribution >= 4 is 63.4 Å². The van der Waals surface area contributed by atoms with Crippen LogP contribution in [-0.2, 0) is 16.0 Å². The van der Waals surface area contributed by atoms with E-state index in [9.17, 15) is 9.59 Å². The summed E-state index contributed by atoms with van der Waals surface area (Å²) in [5, 5.41) is 3.71. The first-order valence-corrected chi connectivity index (χ1v) is 11.2. The summed E-state index contributed by atoms with van der Waals surface area (Å²) in [5.74, 6) is -0.318. The molecular formula is C25H17Cl2N3O4. The number of allylic oxidation sites excluding steroid dienone is 1. The van der Waals surface area contributed by atoms with E-state index in [1.54, 1.807) is 6.26 Å². The first-order valence-electron chi connectivity index (χ1n) is 10.4. The summed E-state index contributed by atoms with van der Waals surface area (Å²) in [4.78, 5) is 34.3. The highest BCUT2D eigenvalue weighted by atomic mass is 35.5. The van der Waals surface area contributed by atoms with Gasteiger partial charge < -0.3 is 14.5 Å². The van der Waals surface area contributed by atoms with Gasteiger partial charge in [-0.25, -0.2) is 14.8 Å². The van der Waals surface area contributed by atoms with Crippen LogP contribution in [0.3, 0.4) is 0 Å². The average molecular weight is 494 g/mol. The second-order valence-electron chi connectivity index (χ2n) is 7.62. The van der Waals surface area contributed by atoms with Gasteiger partial charge in [0.1, 0.15) is 5.76 Å². The van der Waals surface area contributed by atoms with Gasteiger partial charge in [0, 0.05) is 11.6 Å². The number of para-hydroxylation sites is 1. The minimum atomic E-state index is -0.598. The first-order chi connectivity index (χ1) is 16.5. The number of pyridine rings is 2. The number of benzene rings is 1. The van der Waals surface area contributed by atoms with Crippen molar-refractivity contribution in [1.29, 1.82) is 0 Å². The molecule has 0 bridgehead atoms. The molecule has 1 amide bonds. The number of nitrogens with one attached hydrogen (secondary N) is 1. The largest absolute Gasteiger partial charge is 0.465 e. The Bertz CT molecular complexity index is 1450. The SMILES string of the molecule is O=C(COC(=O)c1c2c(nc3ccccc13)/C(=C/c1ccco1)CC2)Nc1ncc(Cl)cc1Cl. The van der Waals surface area contributed by atoms with Crippen molar-refractivity contribution in [1.82, 2.24) is 9.97 Å². The molecule has 1 aromatic carbocycles. The van der Waals surface area contributed by atoms with Crippen LogP contribution in [0.1, 0.15) is 33.8 Å². The van der Waals surface area contributed by atoms with Gasteiger partial charge in [-0.15, -0.1) is 0 Å². The van der Waals surface area contributed by atoms with Gasteiger partial charge in [0.2, 0.25) is 0 Å². The summed E-state index contributed by atoms with van der Waals surface area (Å²) < 4.78 is 10.8. The molecule has 3 heterocycles. The summed E-state index contributed by atoms with van der Waals surface area (Å²) in [5.41, 5.74) is 3.60. The lowest BCUT2D eigenvalue weighted by Crippen LogP contribution is -2.22. The van der Waals surface area contributed by atoms with Crippen LogP contribution in [0.4, 0.5) is 5.82 Å². The second-order valence-corrected chi connectivity index (χ2v) is 8.47. The van der Waals surface area contributed by atoms with Gasteiger partial charge in [-0.05, 0) is 54.3 Å². The zero-order valence-electron chi connectivity index (χ0n) is 17.7. The molecule has 0 saturated heterocycles. The van der Waals surface area contributed by atoms with E-state index in [2.05, 4.69) is 10.3 Å². The number of hydrogen-bond acceptors (Lipinski definition) is 6. The van der Waals surface area contributed by atoms with E-state index in [1.165, 1.54) is 12.3 Å².